The van der Waals surface area contributed by atoms with Crippen LogP contribution in [0.5, 0.6) is 0 Å². The molecule has 2 aromatic rings. The summed E-state index contributed by atoms with van der Waals surface area (Å²) in [5, 5.41) is 14.2. The Morgan fingerprint density at radius 3 is 2.06 bits per heavy atom. The van der Waals surface area contributed by atoms with Crippen molar-refractivity contribution in [2.75, 3.05) is 13.7 Å². The van der Waals surface area contributed by atoms with Crippen LogP contribution < -0.4 is 10.6 Å². The zero-order chi connectivity index (χ0) is 24.7. The highest BCUT2D eigenvalue weighted by atomic mass is 16.5. The molecule has 1 unspecified atom stereocenters. The number of fused-ring (bicyclic) bond motifs is 3. The molecule has 0 heterocycles. The summed E-state index contributed by atoms with van der Waals surface area (Å²) in [5.74, 6) is -2.80. The Morgan fingerprint density at radius 1 is 0.941 bits per heavy atom. The zero-order valence-electron chi connectivity index (χ0n) is 19.1. The number of methoxy groups -OCH3 is 1. The summed E-state index contributed by atoms with van der Waals surface area (Å²) in [6.07, 6.45) is -0.891. The molecule has 2 aromatic carbocycles. The summed E-state index contributed by atoms with van der Waals surface area (Å²) >= 11 is 0. The molecule has 0 aliphatic heterocycles. The fourth-order valence-corrected chi connectivity index (χ4v) is 4.03. The lowest BCUT2D eigenvalue weighted by Crippen LogP contribution is -2.45. The summed E-state index contributed by atoms with van der Waals surface area (Å²) < 4.78 is 9.96. The summed E-state index contributed by atoms with van der Waals surface area (Å²) in [5.41, 5.74) is 4.42. The molecule has 0 bridgehead atoms. The lowest BCUT2D eigenvalue weighted by Gasteiger charge is -2.20. The number of ether oxygens (including phenoxy) is 2. The molecule has 180 valence electrons. The van der Waals surface area contributed by atoms with Gasteiger partial charge in [-0.15, -0.1) is 0 Å². The maximum absolute atomic E-state index is 12.5. The van der Waals surface area contributed by atoms with E-state index in [0.717, 1.165) is 29.4 Å². The van der Waals surface area contributed by atoms with Gasteiger partial charge in [0.1, 0.15) is 12.6 Å². The summed E-state index contributed by atoms with van der Waals surface area (Å²) in [6.45, 7) is 1.92. The molecule has 0 fully saturated rings. The van der Waals surface area contributed by atoms with Crippen molar-refractivity contribution in [2.24, 2.45) is 0 Å². The molecule has 2 amide bonds. The van der Waals surface area contributed by atoms with E-state index in [4.69, 9.17) is 4.74 Å². The van der Waals surface area contributed by atoms with Crippen molar-refractivity contribution >= 4 is 23.9 Å². The first kappa shape index (κ1) is 24.8. The average molecular weight is 469 g/mol. The van der Waals surface area contributed by atoms with E-state index < -0.39 is 42.4 Å². The third-order valence-corrected chi connectivity index (χ3v) is 5.82. The van der Waals surface area contributed by atoms with Gasteiger partial charge in [-0.2, -0.15) is 0 Å². The minimum atomic E-state index is -1.41. The van der Waals surface area contributed by atoms with Crippen molar-refractivity contribution in [3.63, 3.8) is 0 Å². The van der Waals surface area contributed by atoms with Crippen LogP contribution in [0.2, 0.25) is 0 Å². The molecule has 34 heavy (non-hydrogen) atoms. The Balaban J connectivity index is 1.55. The molecular weight excluding hydrogens is 440 g/mol. The maximum atomic E-state index is 12.5. The number of rotatable bonds is 10. The van der Waals surface area contributed by atoms with Gasteiger partial charge in [-0.1, -0.05) is 55.5 Å². The Bertz CT molecular complexity index is 1020. The molecule has 0 saturated carbocycles. The van der Waals surface area contributed by atoms with E-state index in [1.54, 1.807) is 6.92 Å². The van der Waals surface area contributed by atoms with Gasteiger partial charge < -0.3 is 25.2 Å². The van der Waals surface area contributed by atoms with Crippen molar-refractivity contribution in [3.8, 4) is 11.1 Å². The van der Waals surface area contributed by atoms with Gasteiger partial charge in [-0.05, 0) is 28.7 Å². The highest BCUT2D eigenvalue weighted by molar-refractivity contribution is 5.87. The minimum absolute atomic E-state index is 0.0869. The number of hydrogen-bond donors (Lipinski definition) is 3. The molecule has 0 aromatic heterocycles. The Labute approximate surface area is 197 Å². The topological polar surface area (TPSA) is 131 Å². The fraction of sp³-hybridized carbons (Fsp3) is 0.360. The predicted octanol–water partition coefficient (Wildman–Crippen LogP) is 2.83. The van der Waals surface area contributed by atoms with Crippen molar-refractivity contribution in [1.29, 1.82) is 0 Å². The number of amides is 2. The number of hydrogen-bond acceptors (Lipinski definition) is 6. The van der Waals surface area contributed by atoms with Gasteiger partial charge in [-0.3, -0.25) is 9.59 Å². The van der Waals surface area contributed by atoms with Gasteiger partial charge in [-0.25, -0.2) is 9.59 Å². The molecule has 1 aliphatic rings. The van der Waals surface area contributed by atoms with Gasteiger partial charge in [0.2, 0.25) is 5.91 Å². The summed E-state index contributed by atoms with van der Waals surface area (Å²) in [7, 11) is 1.13. The third kappa shape index (κ3) is 5.92. The van der Waals surface area contributed by atoms with Crippen LogP contribution in [0.3, 0.4) is 0 Å². The molecule has 9 nitrogen and oxygen atoms in total. The molecule has 3 rings (SSSR count). The number of carboxylic acids is 1. The third-order valence-electron chi connectivity index (χ3n) is 5.82. The minimum Gasteiger partial charge on any atom is -0.480 e. The number of aliphatic carboxylic acids is 1. The second-order valence-corrected chi connectivity index (χ2v) is 8.02. The van der Waals surface area contributed by atoms with Crippen LogP contribution in [-0.4, -0.2) is 54.8 Å². The quantitative estimate of drug-likeness (QED) is 0.457. The number of benzene rings is 2. The van der Waals surface area contributed by atoms with Crippen molar-refractivity contribution in [1.82, 2.24) is 10.6 Å². The van der Waals surface area contributed by atoms with E-state index >= 15 is 0 Å². The zero-order valence-corrected chi connectivity index (χ0v) is 19.1. The van der Waals surface area contributed by atoms with Gasteiger partial charge in [0.25, 0.3) is 0 Å². The van der Waals surface area contributed by atoms with Gasteiger partial charge in [0.05, 0.1) is 13.5 Å². The van der Waals surface area contributed by atoms with E-state index in [-0.39, 0.29) is 18.9 Å². The van der Waals surface area contributed by atoms with E-state index in [1.807, 2.05) is 48.5 Å². The van der Waals surface area contributed by atoms with Crippen LogP contribution in [0.1, 0.15) is 43.2 Å². The van der Waals surface area contributed by atoms with E-state index in [1.165, 1.54) is 0 Å². The van der Waals surface area contributed by atoms with Crippen LogP contribution in [-0.2, 0) is 23.9 Å². The van der Waals surface area contributed by atoms with Crippen molar-refractivity contribution < 1.29 is 33.8 Å². The molecule has 0 saturated heterocycles. The number of esters is 1. The summed E-state index contributed by atoms with van der Waals surface area (Å²) in [6, 6.07) is 14.0. The van der Waals surface area contributed by atoms with Crippen molar-refractivity contribution in [3.05, 3.63) is 59.7 Å². The van der Waals surface area contributed by atoms with Crippen LogP contribution in [0.15, 0.2) is 48.5 Å². The first-order chi connectivity index (χ1) is 16.3. The van der Waals surface area contributed by atoms with Gasteiger partial charge in [0.15, 0.2) is 0 Å². The van der Waals surface area contributed by atoms with Gasteiger partial charge in [0, 0.05) is 18.4 Å². The summed E-state index contributed by atoms with van der Waals surface area (Å²) in [4.78, 5) is 47.4. The number of nitrogens with one attached hydrogen (secondary N) is 2. The molecule has 9 heteroatoms. The van der Waals surface area contributed by atoms with Gasteiger partial charge >= 0.3 is 18.0 Å². The molecule has 0 radical (unpaired) electrons. The number of carbonyl (C=O) groups is 4. The second kappa shape index (κ2) is 11.3. The standard InChI is InChI=1S/C25H28N2O7/c1-3-15(12-22(28)27-21(24(30)31)13-23(29)33-2)26-25(32)34-14-20-18-10-6-4-8-16(18)17-9-5-7-11-19(17)20/h4-11,15,20-21H,3,12-14H2,1-2H3,(H,26,32)(H,27,28)(H,30,31)/t15?,21-/m0/s1. The molecule has 1 aliphatic carbocycles. The fourth-order valence-electron chi connectivity index (χ4n) is 4.03. The SMILES string of the molecule is CCC(CC(=O)N[C@@H](CC(=O)OC)C(=O)O)NC(=O)OCC1c2ccccc2-c2ccccc21. The highest BCUT2D eigenvalue weighted by Gasteiger charge is 2.29. The molecule has 2 atom stereocenters. The average Bonchev–Trinajstić information content (AvgIpc) is 3.15. The maximum Gasteiger partial charge on any atom is 0.407 e. The lowest BCUT2D eigenvalue weighted by molar-refractivity contribution is -0.148. The second-order valence-electron chi connectivity index (χ2n) is 8.02. The number of alkyl carbamates (subject to hydrolysis) is 1. The predicted molar refractivity (Wildman–Crippen MR) is 123 cm³/mol. The van der Waals surface area contributed by atoms with E-state index in [0.29, 0.717) is 6.42 Å². The Morgan fingerprint density at radius 2 is 1.53 bits per heavy atom. The first-order valence-corrected chi connectivity index (χ1v) is 11.0. The largest absolute Gasteiger partial charge is 0.480 e. The van der Waals surface area contributed by atoms with Crippen LogP contribution >= 0.6 is 0 Å². The highest BCUT2D eigenvalue weighted by Crippen LogP contribution is 2.44. The molecule has 0 spiro atoms. The lowest BCUT2D eigenvalue weighted by atomic mass is 9.98. The first-order valence-electron chi connectivity index (χ1n) is 11.0. The molecule has 3 N–H and O–H groups in total. The Hall–Kier alpha value is -3.88. The van der Waals surface area contributed by atoms with Crippen molar-refractivity contribution in [2.45, 2.75) is 44.2 Å². The Kier molecular flexibility index (Phi) is 8.24. The van der Waals surface area contributed by atoms with Crippen LogP contribution in [0, 0.1) is 0 Å². The molecular formula is C25H28N2O7. The van der Waals surface area contributed by atoms with E-state index in [9.17, 15) is 24.3 Å². The van der Waals surface area contributed by atoms with Crippen LogP contribution in [0.25, 0.3) is 11.1 Å². The number of carboxylic acid groups (broad SMARTS) is 1. The smallest absolute Gasteiger partial charge is 0.407 e. The number of carbonyl (C=O) groups excluding carboxylic acids is 3. The normalized spacial score (nSPS) is 13.7. The van der Waals surface area contributed by atoms with Crippen LogP contribution in [0.4, 0.5) is 4.79 Å². The van der Waals surface area contributed by atoms with E-state index in [2.05, 4.69) is 15.4 Å². The monoisotopic (exact) mass is 468 g/mol.